The number of piperidine rings is 1. The number of nitrogens with one attached hydrogen (secondary N) is 1. The summed E-state index contributed by atoms with van der Waals surface area (Å²) < 4.78 is 0. The summed E-state index contributed by atoms with van der Waals surface area (Å²) >= 11 is 1.36. The third-order valence-electron chi connectivity index (χ3n) is 6.44. The number of amides is 1. The van der Waals surface area contributed by atoms with Gasteiger partial charge >= 0.3 is 5.97 Å². The number of pyridine rings is 1. The first kappa shape index (κ1) is 23.1. The van der Waals surface area contributed by atoms with Crippen LogP contribution in [0.3, 0.4) is 0 Å². The smallest absolute Gasteiger partial charge is 0.313 e. The number of hydrogen-bond acceptors (Lipinski definition) is 5. The summed E-state index contributed by atoms with van der Waals surface area (Å²) in [7, 11) is 0. The van der Waals surface area contributed by atoms with Crippen LogP contribution in [0, 0.1) is 11.8 Å². The van der Waals surface area contributed by atoms with E-state index in [4.69, 9.17) is 10.1 Å². The number of carbonyl (C=O) groups is 2. The number of carbonyl (C=O) groups excluding carboxylic acids is 1. The Hall–Kier alpha value is -2.12. The Morgan fingerprint density at radius 2 is 2.00 bits per heavy atom. The molecular formula is C25H33N3O3S. The minimum absolute atomic E-state index is 0.0301. The zero-order valence-corrected chi connectivity index (χ0v) is 19.8. The molecule has 6 nitrogen and oxygen atoms in total. The van der Waals surface area contributed by atoms with Gasteiger partial charge in [-0.15, -0.1) is 11.8 Å². The van der Waals surface area contributed by atoms with Gasteiger partial charge in [-0.25, -0.2) is 0 Å². The van der Waals surface area contributed by atoms with Gasteiger partial charge in [0.25, 0.3) is 5.91 Å². The van der Waals surface area contributed by atoms with Gasteiger partial charge in [0.1, 0.15) is 0 Å². The van der Waals surface area contributed by atoms with E-state index in [1.807, 2.05) is 18.2 Å². The Bertz CT molecular complexity index is 1000. The number of aromatic nitrogens is 1. The highest BCUT2D eigenvalue weighted by Gasteiger charge is 2.22. The Labute approximate surface area is 194 Å². The average molecular weight is 456 g/mol. The first-order valence-corrected chi connectivity index (χ1v) is 12.7. The zero-order chi connectivity index (χ0) is 22.7. The Balaban J connectivity index is 1.40. The normalized spacial score (nSPS) is 20.9. The van der Waals surface area contributed by atoms with Gasteiger partial charge in [-0.1, -0.05) is 19.9 Å². The standard InChI is InChI=1S/C25H33N3O3S/c1-16-11-17(2)14-28(13-16)10-4-9-26-25(31)18-7-8-20-22(12-18)27-21-6-3-5-19(21)24(20)32-15-23(29)30/h7-8,12,16-17H,3-6,9-11,13-15H2,1-2H3,(H,26,31)(H,29,30)/t16-,17-/m1/s1. The van der Waals surface area contributed by atoms with E-state index >= 15 is 0 Å². The van der Waals surface area contributed by atoms with Gasteiger partial charge in [-0.05, 0) is 68.2 Å². The van der Waals surface area contributed by atoms with Crippen LogP contribution in [0.1, 0.15) is 54.7 Å². The molecular weight excluding hydrogens is 422 g/mol. The molecule has 0 bridgehead atoms. The van der Waals surface area contributed by atoms with Gasteiger partial charge in [-0.3, -0.25) is 14.6 Å². The van der Waals surface area contributed by atoms with Crippen molar-refractivity contribution in [1.29, 1.82) is 0 Å². The summed E-state index contributed by atoms with van der Waals surface area (Å²) in [6, 6.07) is 5.61. The Kier molecular flexibility index (Phi) is 7.36. The molecule has 2 aliphatic rings. The van der Waals surface area contributed by atoms with Crippen LogP contribution in [-0.4, -0.2) is 58.8 Å². The summed E-state index contributed by atoms with van der Waals surface area (Å²) in [5.74, 6) is 0.630. The van der Waals surface area contributed by atoms with Crippen molar-refractivity contribution in [3.63, 3.8) is 0 Å². The third-order valence-corrected chi connectivity index (χ3v) is 7.59. The van der Waals surface area contributed by atoms with Crippen molar-refractivity contribution in [2.24, 2.45) is 11.8 Å². The topological polar surface area (TPSA) is 82.5 Å². The maximum absolute atomic E-state index is 12.7. The van der Waals surface area contributed by atoms with Gasteiger partial charge in [-0.2, -0.15) is 0 Å². The molecule has 0 saturated carbocycles. The van der Waals surface area contributed by atoms with Gasteiger partial charge in [0.2, 0.25) is 0 Å². The van der Waals surface area contributed by atoms with Crippen molar-refractivity contribution in [3.8, 4) is 0 Å². The number of benzene rings is 1. The molecule has 1 amide bonds. The predicted molar refractivity (Wildman–Crippen MR) is 128 cm³/mol. The highest BCUT2D eigenvalue weighted by atomic mass is 32.2. The SMILES string of the molecule is C[C@@H]1C[C@@H](C)CN(CCCNC(=O)c2ccc3c(SCC(=O)O)c4c(nc3c2)CCC4)C1. The molecule has 2 aromatic rings. The molecule has 0 radical (unpaired) electrons. The second-order valence-electron chi connectivity index (χ2n) is 9.45. The van der Waals surface area contributed by atoms with Crippen molar-refractivity contribution < 1.29 is 14.7 Å². The van der Waals surface area contributed by atoms with Crippen LogP contribution in [0.5, 0.6) is 0 Å². The molecule has 1 aromatic heterocycles. The van der Waals surface area contributed by atoms with Gasteiger partial charge < -0.3 is 15.3 Å². The molecule has 2 N–H and O–H groups in total. The van der Waals surface area contributed by atoms with Crippen molar-refractivity contribution in [2.75, 3.05) is 31.9 Å². The average Bonchev–Trinajstić information content (AvgIpc) is 3.21. The van der Waals surface area contributed by atoms with Gasteiger partial charge in [0.15, 0.2) is 0 Å². The van der Waals surface area contributed by atoms with E-state index in [1.165, 1.54) is 23.7 Å². The molecule has 4 rings (SSSR count). The maximum atomic E-state index is 12.7. The number of carboxylic acids is 1. The van der Waals surface area contributed by atoms with E-state index in [-0.39, 0.29) is 11.7 Å². The van der Waals surface area contributed by atoms with Crippen LogP contribution in [0.2, 0.25) is 0 Å². The molecule has 1 aliphatic heterocycles. The van der Waals surface area contributed by atoms with Crippen LogP contribution in [0.4, 0.5) is 0 Å². The first-order valence-electron chi connectivity index (χ1n) is 11.7. The number of rotatable bonds is 8. The lowest BCUT2D eigenvalue weighted by molar-refractivity contribution is -0.133. The van der Waals surface area contributed by atoms with Crippen LogP contribution >= 0.6 is 11.8 Å². The number of thioether (sulfide) groups is 1. The summed E-state index contributed by atoms with van der Waals surface area (Å²) in [5, 5.41) is 13.1. The Morgan fingerprint density at radius 3 is 2.75 bits per heavy atom. The van der Waals surface area contributed by atoms with E-state index in [0.717, 1.165) is 78.6 Å². The van der Waals surface area contributed by atoms with Crippen LogP contribution < -0.4 is 5.32 Å². The number of carboxylic acid groups (broad SMARTS) is 1. The highest BCUT2D eigenvalue weighted by Crippen LogP contribution is 2.37. The molecule has 1 aliphatic carbocycles. The van der Waals surface area contributed by atoms with E-state index < -0.39 is 5.97 Å². The molecule has 172 valence electrons. The quantitative estimate of drug-likeness (QED) is 0.463. The number of likely N-dealkylation sites (tertiary alicyclic amines) is 1. The van der Waals surface area contributed by atoms with E-state index in [1.54, 1.807) is 0 Å². The highest BCUT2D eigenvalue weighted by molar-refractivity contribution is 8.00. The molecule has 1 aromatic carbocycles. The lowest BCUT2D eigenvalue weighted by Gasteiger charge is -2.34. The lowest BCUT2D eigenvalue weighted by atomic mass is 9.92. The predicted octanol–water partition coefficient (Wildman–Crippen LogP) is 4.00. The molecule has 2 heterocycles. The van der Waals surface area contributed by atoms with Crippen molar-refractivity contribution in [2.45, 2.75) is 50.8 Å². The minimum Gasteiger partial charge on any atom is -0.481 e. The first-order chi connectivity index (χ1) is 15.4. The summed E-state index contributed by atoms with van der Waals surface area (Å²) in [6.45, 7) is 8.62. The fourth-order valence-corrected chi connectivity index (χ4v) is 6.23. The van der Waals surface area contributed by atoms with Crippen molar-refractivity contribution in [3.05, 3.63) is 35.0 Å². The number of aliphatic carboxylic acids is 1. The molecule has 1 saturated heterocycles. The second kappa shape index (κ2) is 10.2. The summed E-state index contributed by atoms with van der Waals surface area (Å²) in [4.78, 5) is 32.2. The van der Waals surface area contributed by atoms with Gasteiger partial charge in [0, 0.05) is 41.2 Å². The second-order valence-corrected chi connectivity index (χ2v) is 10.4. The van der Waals surface area contributed by atoms with Gasteiger partial charge in [0.05, 0.1) is 11.3 Å². The number of nitrogens with zero attached hydrogens (tertiary/aromatic N) is 2. The monoisotopic (exact) mass is 455 g/mol. The molecule has 0 spiro atoms. The number of hydrogen-bond donors (Lipinski definition) is 2. The largest absolute Gasteiger partial charge is 0.481 e. The maximum Gasteiger partial charge on any atom is 0.313 e. The van der Waals surface area contributed by atoms with Crippen LogP contribution in [-0.2, 0) is 17.6 Å². The summed E-state index contributed by atoms with van der Waals surface area (Å²) in [5.41, 5.74) is 3.62. The number of aryl methyl sites for hydroxylation is 1. The van der Waals surface area contributed by atoms with E-state index in [9.17, 15) is 9.59 Å². The van der Waals surface area contributed by atoms with E-state index in [0.29, 0.717) is 12.1 Å². The molecule has 32 heavy (non-hydrogen) atoms. The van der Waals surface area contributed by atoms with Crippen molar-refractivity contribution >= 4 is 34.5 Å². The fraction of sp³-hybridized carbons (Fsp3) is 0.560. The number of fused-ring (bicyclic) bond motifs is 2. The van der Waals surface area contributed by atoms with Crippen LogP contribution in [0.15, 0.2) is 23.1 Å². The molecule has 2 atom stereocenters. The molecule has 7 heteroatoms. The lowest BCUT2D eigenvalue weighted by Crippen LogP contribution is -2.40. The molecule has 0 unspecified atom stereocenters. The summed E-state index contributed by atoms with van der Waals surface area (Å²) in [6.07, 6.45) is 5.15. The third kappa shape index (κ3) is 5.44. The minimum atomic E-state index is -0.823. The zero-order valence-electron chi connectivity index (χ0n) is 19.0. The van der Waals surface area contributed by atoms with E-state index in [2.05, 4.69) is 24.1 Å². The fourth-order valence-electron chi connectivity index (χ4n) is 5.24. The molecule has 1 fully saturated rings. The van der Waals surface area contributed by atoms with Crippen molar-refractivity contribution in [1.82, 2.24) is 15.2 Å². The van der Waals surface area contributed by atoms with Crippen LogP contribution in [0.25, 0.3) is 10.9 Å². The Morgan fingerprint density at radius 1 is 1.22 bits per heavy atom.